The van der Waals surface area contributed by atoms with Crippen molar-refractivity contribution in [3.05, 3.63) is 104 Å². The van der Waals surface area contributed by atoms with Gasteiger partial charge in [-0.1, -0.05) is 36.8 Å². The predicted octanol–water partition coefficient (Wildman–Crippen LogP) is 5.09. The third kappa shape index (κ3) is 5.63. The highest BCUT2D eigenvalue weighted by Gasteiger charge is 2.26. The van der Waals surface area contributed by atoms with Crippen molar-refractivity contribution in [2.45, 2.75) is 45.9 Å². The zero-order valence-electron chi connectivity index (χ0n) is 21.2. The van der Waals surface area contributed by atoms with Crippen LogP contribution in [0.5, 0.6) is 5.75 Å². The summed E-state index contributed by atoms with van der Waals surface area (Å²) in [6.45, 7) is 5.91. The number of methoxy groups -OCH3 is 1. The maximum atomic E-state index is 13.1. The Hall–Kier alpha value is -3.82. The number of hydrogen-bond donors (Lipinski definition) is 1. The van der Waals surface area contributed by atoms with E-state index in [-0.39, 0.29) is 11.6 Å². The molecule has 0 amide bonds. The molecule has 0 aliphatic carbocycles. The number of tetrazole rings is 1. The molecule has 3 aromatic heterocycles. The van der Waals surface area contributed by atoms with Gasteiger partial charge in [0.2, 0.25) is 0 Å². The highest BCUT2D eigenvalue weighted by molar-refractivity contribution is 7.09. The third-order valence-electron chi connectivity index (χ3n) is 6.57. The fourth-order valence-corrected chi connectivity index (χ4v) is 5.39. The Morgan fingerprint density at radius 3 is 2.68 bits per heavy atom. The third-order valence-corrected chi connectivity index (χ3v) is 7.43. The molecule has 0 saturated heterocycles. The summed E-state index contributed by atoms with van der Waals surface area (Å²) in [6, 6.07) is 20.1. The fraction of sp³-hybridized carbons (Fsp3) is 0.286. The molecular weight excluding hydrogens is 484 g/mol. The van der Waals surface area contributed by atoms with E-state index >= 15 is 0 Å². The van der Waals surface area contributed by atoms with Crippen molar-refractivity contribution in [2.75, 3.05) is 7.11 Å². The molecule has 9 heteroatoms. The van der Waals surface area contributed by atoms with E-state index in [1.807, 2.05) is 47.1 Å². The summed E-state index contributed by atoms with van der Waals surface area (Å²) >= 11 is 1.71. The van der Waals surface area contributed by atoms with Crippen LogP contribution >= 0.6 is 11.3 Å². The molecular formula is C28H30N6O2S. The molecule has 0 bridgehead atoms. The van der Waals surface area contributed by atoms with Crippen LogP contribution in [0.25, 0.3) is 10.9 Å². The number of aromatic amines is 1. The highest BCUT2D eigenvalue weighted by Crippen LogP contribution is 2.28. The number of aromatic nitrogens is 5. The van der Waals surface area contributed by atoms with Gasteiger partial charge in [-0.25, -0.2) is 4.68 Å². The molecule has 0 unspecified atom stereocenters. The minimum absolute atomic E-state index is 0.0692. The van der Waals surface area contributed by atoms with Crippen LogP contribution in [-0.2, 0) is 19.6 Å². The standard InChI is InChI=1S/C28H30N6O2S/c1-4-26(27-30-31-32-34(27)16-20-8-10-23(36-3)11-9-20)33(18-24-6-5-13-37-24)17-22-15-21-14-19(2)7-12-25(21)29-28(22)35/h5-15,26H,4,16-18H2,1-3H3,(H,29,35)/t26-/m0/s1. The van der Waals surface area contributed by atoms with E-state index in [1.165, 1.54) is 4.88 Å². The summed E-state index contributed by atoms with van der Waals surface area (Å²) in [6.07, 6.45) is 0.791. The lowest BCUT2D eigenvalue weighted by Crippen LogP contribution is -2.32. The Balaban J connectivity index is 1.48. The molecule has 0 radical (unpaired) electrons. The van der Waals surface area contributed by atoms with Crippen LogP contribution in [0.2, 0.25) is 0 Å². The zero-order chi connectivity index (χ0) is 25.8. The van der Waals surface area contributed by atoms with E-state index < -0.39 is 0 Å². The number of rotatable bonds is 10. The van der Waals surface area contributed by atoms with Crippen LogP contribution < -0.4 is 10.3 Å². The number of thiophene rings is 1. The molecule has 8 nitrogen and oxygen atoms in total. The number of nitrogens with one attached hydrogen (secondary N) is 1. The first-order valence-corrected chi connectivity index (χ1v) is 13.2. The molecule has 5 aromatic rings. The van der Waals surface area contributed by atoms with Crippen LogP contribution in [0.1, 0.15) is 46.8 Å². The number of benzene rings is 2. The van der Waals surface area contributed by atoms with E-state index in [2.05, 4.69) is 62.8 Å². The number of H-pyrrole nitrogens is 1. The lowest BCUT2D eigenvalue weighted by Gasteiger charge is -2.30. The van der Waals surface area contributed by atoms with Crippen LogP contribution in [0.3, 0.4) is 0 Å². The fourth-order valence-electron chi connectivity index (χ4n) is 4.66. The number of ether oxygens (including phenoxy) is 1. The lowest BCUT2D eigenvalue weighted by molar-refractivity contribution is 0.163. The van der Waals surface area contributed by atoms with Gasteiger partial charge in [-0.2, -0.15) is 0 Å². The van der Waals surface area contributed by atoms with Crippen LogP contribution in [0.4, 0.5) is 0 Å². The summed E-state index contributed by atoms with van der Waals surface area (Å²) < 4.78 is 7.14. The highest BCUT2D eigenvalue weighted by atomic mass is 32.1. The molecule has 0 saturated carbocycles. The van der Waals surface area contributed by atoms with E-state index in [1.54, 1.807) is 18.4 Å². The summed E-state index contributed by atoms with van der Waals surface area (Å²) in [5.41, 5.74) is 3.74. The smallest absolute Gasteiger partial charge is 0.252 e. The second-order valence-corrected chi connectivity index (χ2v) is 10.2. The summed E-state index contributed by atoms with van der Waals surface area (Å²) in [5, 5.41) is 15.9. The van der Waals surface area contributed by atoms with Gasteiger partial charge in [0.25, 0.3) is 5.56 Å². The van der Waals surface area contributed by atoms with Crippen molar-refractivity contribution >= 4 is 22.2 Å². The molecule has 37 heavy (non-hydrogen) atoms. The van der Waals surface area contributed by atoms with Crippen molar-refractivity contribution in [1.82, 2.24) is 30.1 Å². The van der Waals surface area contributed by atoms with Gasteiger partial charge in [-0.05, 0) is 76.5 Å². The molecule has 1 N–H and O–H groups in total. The second kappa shape index (κ2) is 11.1. The Morgan fingerprint density at radius 2 is 1.95 bits per heavy atom. The summed E-state index contributed by atoms with van der Waals surface area (Å²) in [4.78, 5) is 19.7. The molecule has 0 fully saturated rings. The van der Waals surface area contributed by atoms with E-state index in [0.717, 1.165) is 45.6 Å². The van der Waals surface area contributed by atoms with E-state index in [0.29, 0.717) is 19.6 Å². The minimum Gasteiger partial charge on any atom is -0.497 e. The molecule has 3 heterocycles. The average Bonchev–Trinajstić information content (AvgIpc) is 3.58. The van der Waals surface area contributed by atoms with Gasteiger partial charge in [0.05, 0.1) is 19.7 Å². The molecule has 0 spiro atoms. The molecule has 5 rings (SSSR count). The van der Waals surface area contributed by atoms with Crippen molar-refractivity contribution in [1.29, 1.82) is 0 Å². The number of nitrogens with zero attached hydrogens (tertiary/aromatic N) is 5. The summed E-state index contributed by atoms with van der Waals surface area (Å²) in [7, 11) is 1.66. The Morgan fingerprint density at radius 1 is 1.11 bits per heavy atom. The summed E-state index contributed by atoms with van der Waals surface area (Å²) in [5.74, 6) is 1.59. The van der Waals surface area contributed by atoms with Gasteiger partial charge in [-0.15, -0.1) is 16.4 Å². The van der Waals surface area contributed by atoms with Crippen molar-refractivity contribution in [3.8, 4) is 5.75 Å². The van der Waals surface area contributed by atoms with Crippen LogP contribution in [0.15, 0.2) is 70.8 Å². The van der Waals surface area contributed by atoms with Crippen molar-refractivity contribution < 1.29 is 4.74 Å². The van der Waals surface area contributed by atoms with Crippen molar-refractivity contribution in [2.24, 2.45) is 0 Å². The Kier molecular flexibility index (Phi) is 7.43. The first-order valence-electron chi connectivity index (χ1n) is 12.3. The molecule has 0 aliphatic heterocycles. The minimum atomic E-state index is -0.0806. The van der Waals surface area contributed by atoms with Gasteiger partial charge in [0.1, 0.15) is 5.75 Å². The van der Waals surface area contributed by atoms with E-state index in [4.69, 9.17) is 4.74 Å². The monoisotopic (exact) mass is 514 g/mol. The Labute approximate surface area is 219 Å². The molecule has 1 atom stereocenters. The maximum Gasteiger partial charge on any atom is 0.252 e. The first-order chi connectivity index (χ1) is 18.0. The second-order valence-electron chi connectivity index (χ2n) is 9.17. The van der Waals surface area contributed by atoms with Gasteiger partial charge in [-0.3, -0.25) is 9.69 Å². The average molecular weight is 515 g/mol. The van der Waals surface area contributed by atoms with E-state index in [9.17, 15) is 4.79 Å². The molecule has 190 valence electrons. The van der Waals surface area contributed by atoms with Gasteiger partial charge in [0.15, 0.2) is 5.82 Å². The first kappa shape index (κ1) is 24.9. The van der Waals surface area contributed by atoms with Gasteiger partial charge < -0.3 is 9.72 Å². The Bertz CT molecular complexity index is 1520. The largest absolute Gasteiger partial charge is 0.497 e. The normalized spacial score (nSPS) is 12.3. The lowest BCUT2D eigenvalue weighted by atomic mass is 10.1. The predicted molar refractivity (Wildman–Crippen MR) is 146 cm³/mol. The number of pyridine rings is 1. The number of hydrogen-bond acceptors (Lipinski definition) is 7. The topological polar surface area (TPSA) is 88.9 Å². The van der Waals surface area contributed by atoms with Crippen molar-refractivity contribution in [3.63, 3.8) is 0 Å². The van der Waals surface area contributed by atoms with Gasteiger partial charge >= 0.3 is 0 Å². The SMILES string of the molecule is CC[C@@H](c1nnnn1Cc1ccc(OC)cc1)N(Cc1cccs1)Cc1cc2cc(C)ccc2[nH]c1=O. The zero-order valence-corrected chi connectivity index (χ0v) is 22.0. The van der Waals surface area contributed by atoms with Gasteiger partial charge in [0, 0.05) is 29.0 Å². The maximum absolute atomic E-state index is 13.1. The van der Waals surface area contributed by atoms with Crippen LogP contribution in [0, 0.1) is 6.92 Å². The van der Waals surface area contributed by atoms with Crippen LogP contribution in [-0.4, -0.2) is 37.2 Å². The quantitative estimate of drug-likeness (QED) is 0.279. The number of fused-ring (bicyclic) bond motifs is 1. The number of aryl methyl sites for hydroxylation is 1. The molecule has 2 aromatic carbocycles. The molecule has 0 aliphatic rings.